The van der Waals surface area contributed by atoms with Gasteiger partial charge in [-0.2, -0.15) is 0 Å². The summed E-state index contributed by atoms with van der Waals surface area (Å²) in [4.78, 5) is 12.4. The Balaban J connectivity index is 2.71. The van der Waals surface area contributed by atoms with Gasteiger partial charge in [-0.1, -0.05) is 12.1 Å². The highest BCUT2D eigenvalue weighted by atomic mass is 32.1. The molecule has 0 saturated heterocycles. The summed E-state index contributed by atoms with van der Waals surface area (Å²) in [7, 11) is 1.39. The maximum atomic E-state index is 11.4. The Hall–Kier alpha value is -1.13. The average Bonchev–Trinajstić information content (AvgIpc) is 2.71. The Morgan fingerprint density at radius 1 is 1.86 bits per heavy atom. The van der Waals surface area contributed by atoms with Crippen LogP contribution in [0.5, 0.6) is 0 Å². The van der Waals surface area contributed by atoms with E-state index in [0.29, 0.717) is 6.54 Å². The molecule has 14 heavy (non-hydrogen) atoms. The molecule has 3 nitrogen and oxygen atoms in total. The van der Waals surface area contributed by atoms with E-state index in [0.717, 1.165) is 4.88 Å². The summed E-state index contributed by atoms with van der Waals surface area (Å²) in [6.07, 6.45) is 1.71. The van der Waals surface area contributed by atoms with Gasteiger partial charge < -0.3 is 4.74 Å². The molecule has 1 aromatic heterocycles. The van der Waals surface area contributed by atoms with E-state index >= 15 is 0 Å². The minimum Gasteiger partial charge on any atom is -0.468 e. The molecule has 1 atom stereocenters. The van der Waals surface area contributed by atoms with Gasteiger partial charge in [0.15, 0.2) is 0 Å². The lowest BCUT2D eigenvalue weighted by Gasteiger charge is -2.13. The Labute approximate surface area is 87.4 Å². The van der Waals surface area contributed by atoms with E-state index in [9.17, 15) is 4.79 Å². The zero-order valence-corrected chi connectivity index (χ0v) is 8.84. The van der Waals surface area contributed by atoms with Gasteiger partial charge in [0.05, 0.1) is 7.11 Å². The summed E-state index contributed by atoms with van der Waals surface area (Å²) in [5.74, 6) is -0.269. The molecule has 1 N–H and O–H groups in total. The number of nitrogens with one attached hydrogen (secondary N) is 1. The number of carbonyl (C=O) groups is 1. The lowest BCUT2D eigenvalue weighted by molar-refractivity contribution is -0.143. The molecule has 1 rings (SSSR count). The molecule has 0 radical (unpaired) electrons. The van der Waals surface area contributed by atoms with Gasteiger partial charge in [0.2, 0.25) is 0 Å². The smallest absolute Gasteiger partial charge is 0.328 e. The van der Waals surface area contributed by atoms with Crippen molar-refractivity contribution in [2.45, 2.75) is 6.04 Å². The van der Waals surface area contributed by atoms with Crippen molar-refractivity contribution in [2.24, 2.45) is 0 Å². The van der Waals surface area contributed by atoms with Crippen LogP contribution < -0.4 is 5.32 Å². The standard InChI is InChI=1S/C10H13NO2S/c1-3-6-11-9(10(12)13-2)8-5-4-7-14-8/h3-5,7,9,11H,1,6H2,2H3. The molecule has 76 valence electrons. The summed E-state index contributed by atoms with van der Waals surface area (Å²) in [6, 6.07) is 3.44. The van der Waals surface area contributed by atoms with E-state index < -0.39 is 0 Å². The Kier molecular flexibility index (Phi) is 4.35. The van der Waals surface area contributed by atoms with E-state index in [1.165, 1.54) is 18.4 Å². The summed E-state index contributed by atoms with van der Waals surface area (Å²) < 4.78 is 4.70. The summed E-state index contributed by atoms with van der Waals surface area (Å²) in [6.45, 7) is 4.17. The topological polar surface area (TPSA) is 38.3 Å². The minimum atomic E-state index is -0.377. The molecule has 0 aliphatic rings. The van der Waals surface area contributed by atoms with Crippen molar-refractivity contribution in [2.75, 3.05) is 13.7 Å². The van der Waals surface area contributed by atoms with Crippen LogP contribution in [0.1, 0.15) is 10.9 Å². The Bertz CT molecular complexity index is 295. The highest BCUT2D eigenvalue weighted by Crippen LogP contribution is 2.19. The first-order valence-corrected chi connectivity index (χ1v) is 5.13. The first kappa shape index (κ1) is 10.9. The molecule has 0 saturated carbocycles. The van der Waals surface area contributed by atoms with Crippen molar-refractivity contribution < 1.29 is 9.53 Å². The van der Waals surface area contributed by atoms with Gasteiger partial charge in [0.1, 0.15) is 6.04 Å². The SMILES string of the molecule is C=CCNC(C(=O)OC)c1cccs1. The number of ether oxygens (including phenoxy) is 1. The summed E-state index contributed by atoms with van der Waals surface area (Å²) in [5, 5.41) is 4.97. The van der Waals surface area contributed by atoms with Crippen LogP contribution in [0.25, 0.3) is 0 Å². The number of hydrogen-bond donors (Lipinski definition) is 1. The fourth-order valence-electron chi connectivity index (χ4n) is 1.07. The van der Waals surface area contributed by atoms with Gasteiger partial charge >= 0.3 is 5.97 Å². The van der Waals surface area contributed by atoms with E-state index in [1.807, 2.05) is 17.5 Å². The third-order valence-corrected chi connectivity index (χ3v) is 2.67. The highest BCUT2D eigenvalue weighted by molar-refractivity contribution is 7.10. The first-order valence-electron chi connectivity index (χ1n) is 4.25. The Morgan fingerprint density at radius 2 is 2.64 bits per heavy atom. The molecule has 0 aliphatic heterocycles. The van der Waals surface area contributed by atoms with Crippen LogP contribution in [0.2, 0.25) is 0 Å². The molecule has 0 amide bonds. The molecule has 1 aromatic rings. The second kappa shape index (κ2) is 5.57. The fraction of sp³-hybridized carbons (Fsp3) is 0.300. The molecule has 0 bridgehead atoms. The maximum absolute atomic E-state index is 11.4. The van der Waals surface area contributed by atoms with E-state index in [4.69, 9.17) is 4.74 Å². The summed E-state index contributed by atoms with van der Waals surface area (Å²) >= 11 is 1.53. The number of hydrogen-bond acceptors (Lipinski definition) is 4. The highest BCUT2D eigenvalue weighted by Gasteiger charge is 2.20. The van der Waals surface area contributed by atoms with Crippen LogP contribution in [0.4, 0.5) is 0 Å². The molecular weight excluding hydrogens is 198 g/mol. The van der Waals surface area contributed by atoms with Gasteiger partial charge in [-0.3, -0.25) is 5.32 Å². The lowest BCUT2D eigenvalue weighted by Crippen LogP contribution is -2.28. The van der Waals surface area contributed by atoms with Crippen LogP contribution in [0, 0.1) is 0 Å². The molecule has 0 aromatic carbocycles. The van der Waals surface area contributed by atoms with Crippen LogP contribution in [0.15, 0.2) is 30.2 Å². The molecule has 0 fully saturated rings. The van der Waals surface area contributed by atoms with Crippen molar-refractivity contribution in [3.63, 3.8) is 0 Å². The van der Waals surface area contributed by atoms with Gasteiger partial charge in [-0.15, -0.1) is 17.9 Å². The Morgan fingerprint density at radius 3 is 3.14 bits per heavy atom. The quantitative estimate of drug-likeness (QED) is 0.595. The molecule has 1 unspecified atom stereocenters. The van der Waals surface area contributed by atoms with Crippen molar-refractivity contribution in [3.8, 4) is 0 Å². The van der Waals surface area contributed by atoms with E-state index in [1.54, 1.807) is 6.08 Å². The monoisotopic (exact) mass is 211 g/mol. The van der Waals surface area contributed by atoms with Gasteiger partial charge in [-0.25, -0.2) is 4.79 Å². The van der Waals surface area contributed by atoms with Crippen LogP contribution in [-0.4, -0.2) is 19.6 Å². The van der Waals surface area contributed by atoms with E-state index in [-0.39, 0.29) is 12.0 Å². The van der Waals surface area contributed by atoms with Crippen LogP contribution in [0.3, 0.4) is 0 Å². The largest absolute Gasteiger partial charge is 0.468 e. The summed E-state index contributed by atoms with van der Waals surface area (Å²) in [5.41, 5.74) is 0. The zero-order valence-electron chi connectivity index (χ0n) is 8.03. The number of thiophene rings is 1. The lowest BCUT2D eigenvalue weighted by atomic mass is 10.2. The number of esters is 1. The second-order valence-corrected chi connectivity index (χ2v) is 3.65. The number of carbonyl (C=O) groups excluding carboxylic acids is 1. The third kappa shape index (κ3) is 2.68. The van der Waals surface area contributed by atoms with Crippen molar-refractivity contribution in [1.29, 1.82) is 0 Å². The van der Waals surface area contributed by atoms with Crippen molar-refractivity contribution in [1.82, 2.24) is 5.32 Å². The van der Waals surface area contributed by atoms with Crippen molar-refractivity contribution in [3.05, 3.63) is 35.0 Å². The van der Waals surface area contributed by atoms with Gasteiger partial charge in [0, 0.05) is 11.4 Å². The fourth-order valence-corrected chi connectivity index (χ4v) is 1.86. The molecule has 0 spiro atoms. The third-order valence-electron chi connectivity index (χ3n) is 1.73. The predicted molar refractivity (Wildman–Crippen MR) is 57.3 cm³/mol. The van der Waals surface area contributed by atoms with Gasteiger partial charge in [-0.05, 0) is 11.4 Å². The zero-order chi connectivity index (χ0) is 10.4. The maximum Gasteiger partial charge on any atom is 0.328 e. The molecule has 0 aliphatic carbocycles. The number of rotatable bonds is 5. The first-order chi connectivity index (χ1) is 6.79. The van der Waals surface area contributed by atoms with E-state index in [2.05, 4.69) is 11.9 Å². The second-order valence-electron chi connectivity index (χ2n) is 2.67. The van der Waals surface area contributed by atoms with Gasteiger partial charge in [0.25, 0.3) is 0 Å². The molecular formula is C10H13NO2S. The normalized spacial score (nSPS) is 12.1. The van der Waals surface area contributed by atoms with Crippen LogP contribution in [-0.2, 0) is 9.53 Å². The minimum absolute atomic E-state index is 0.269. The van der Waals surface area contributed by atoms with Crippen molar-refractivity contribution >= 4 is 17.3 Å². The number of methoxy groups -OCH3 is 1. The predicted octanol–water partition coefficient (Wildman–Crippen LogP) is 1.74. The average molecular weight is 211 g/mol. The van der Waals surface area contributed by atoms with Crippen LogP contribution >= 0.6 is 11.3 Å². The molecule has 1 heterocycles. The molecule has 4 heteroatoms.